The molecular formula is C18H30N2O. The van der Waals surface area contributed by atoms with Crippen LogP contribution in [-0.4, -0.2) is 12.5 Å². The Balaban J connectivity index is 2.43. The van der Waals surface area contributed by atoms with Gasteiger partial charge in [0.2, 0.25) is 5.91 Å². The molecule has 0 bridgehead atoms. The van der Waals surface area contributed by atoms with E-state index in [-0.39, 0.29) is 11.3 Å². The zero-order valence-corrected chi connectivity index (χ0v) is 13.7. The SMILES string of the molecule is CCCCCC(C)(C)CNC(=O)Cc1ccccc1CN. The Bertz CT molecular complexity index is 441. The third-order valence-electron chi connectivity index (χ3n) is 3.91. The van der Waals surface area contributed by atoms with Gasteiger partial charge in [-0.1, -0.05) is 64.3 Å². The highest BCUT2D eigenvalue weighted by Crippen LogP contribution is 2.22. The number of hydrogen-bond donors (Lipinski definition) is 2. The first-order valence-electron chi connectivity index (χ1n) is 8.02. The van der Waals surface area contributed by atoms with Crippen molar-refractivity contribution < 1.29 is 4.79 Å². The zero-order chi connectivity index (χ0) is 15.7. The summed E-state index contributed by atoms with van der Waals surface area (Å²) in [6, 6.07) is 7.88. The molecule has 0 fully saturated rings. The van der Waals surface area contributed by atoms with E-state index in [1.165, 1.54) is 19.3 Å². The van der Waals surface area contributed by atoms with Crippen LogP contribution >= 0.6 is 0 Å². The lowest BCUT2D eigenvalue weighted by Crippen LogP contribution is -2.35. The number of rotatable bonds is 9. The van der Waals surface area contributed by atoms with E-state index in [1.54, 1.807) is 0 Å². The molecule has 3 N–H and O–H groups in total. The lowest BCUT2D eigenvalue weighted by Gasteiger charge is -2.25. The Hall–Kier alpha value is -1.35. The van der Waals surface area contributed by atoms with Gasteiger partial charge in [0.25, 0.3) is 0 Å². The fourth-order valence-corrected chi connectivity index (χ4v) is 2.44. The van der Waals surface area contributed by atoms with E-state index < -0.39 is 0 Å². The van der Waals surface area contributed by atoms with Crippen LogP contribution in [0.25, 0.3) is 0 Å². The Labute approximate surface area is 129 Å². The minimum Gasteiger partial charge on any atom is -0.355 e. The fraction of sp³-hybridized carbons (Fsp3) is 0.611. The molecule has 0 atom stereocenters. The maximum atomic E-state index is 12.1. The summed E-state index contributed by atoms with van der Waals surface area (Å²) < 4.78 is 0. The van der Waals surface area contributed by atoms with Crippen molar-refractivity contribution in [3.8, 4) is 0 Å². The maximum absolute atomic E-state index is 12.1. The van der Waals surface area contributed by atoms with E-state index in [0.29, 0.717) is 13.0 Å². The summed E-state index contributed by atoms with van der Waals surface area (Å²) in [6.45, 7) is 7.86. The van der Waals surface area contributed by atoms with Crippen LogP contribution in [0.2, 0.25) is 0 Å². The van der Waals surface area contributed by atoms with Gasteiger partial charge in [-0.05, 0) is 23.0 Å². The second-order valence-electron chi connectivity index (χ2n) is 6.55. The van der Waals surface area contributed by atoms with Crippen LogP contribution in [0.3, 0.4) is 0 Å². The first-order chi connectivity index (χ1) is 9.98. The van der Waals surface area contributed by atoms with E-state index in [1.807, 2.05) is 24.3 Å². The van der Waals surface area contributed by atoms with Crippen molar-refractivity contribution in [2.75, 3.05) is 6.54 Å². The number of carbonyl (C=O) groups is 1. The van der Waals surface area contributed by atoms with Crippen molar-refractivity contribution >= 4 is 5.91 Å². The van der Waals surface area contributed by atoms with Gasteiger partial charge in [0.15, 0.2) is 0 Å². The standard InChI is InChI=1S/C18H30N2O/c1-4-5-8-11-18(2,3)14-20-17(21)12-15-9-6-7-10-16(15)13-19/h6-7,9-10H,4-5,8,11-14,19H2,1-3H3,(H,20,21). The van der Waals surface area contributed by atoms with Gasteiger partial charge >= 0.3 is 0 Å². The molecular weight excluding hydrogens is 260 g/mol. The van der Waals surface area contributed by atoms with Gasteiger partial charge in [-0.15, -0.1) is 0 Å². The number of carbonyl (C=O) groups excluding carboxylic acids is 1. The number of amides is 1. The second kappa shape index (κ2) is 8.83. The minimum absolute atomic E-state index is 0.0828. The molecule has 3 heteroatoms. The number of nitrogens with two attached hydrogens (primary N) is 1. The van der Waals surface area contributed by atoms with E-state index in [4.69, 9.17) is 5.73 Å². The highest BCUT2D eigenvalue weighted by Gasteiger charge is 2.18. The third-order valence-corrected chi connectivity index (χ3v) is 3.91. The molecule has 1 aromatic rings. The van der Waals surface area contributed by atoms with E-state index >= 15 is 0 Å². The van der Waals surface area contributed by atoms with Crippen molar-refractivity contribution in [1.29, 1.82) is 0 Å². The summed E-state index contributed by atoms with van der Waals surface area (Å²) in [7, 11) is 0. The molecule has 118 valence electrons. The van der Waals surface area contributed by atoms with Crippen LogP contribution in [0.5, 0.6) is 0 Å². The first kappa shape index (κ1) is 17.7. The molecule has 0 aromatic heterocycles. The van der Waals surface area contributed by atoms with Gasteiger partial charge in [0, 0.05) is 13.1 Å². The van der Waals surface area contributed by atoms with E-state index in [0.717, 1.165) is 24.1 Å². The van der Waals surface area contributed by atoms with Crippen molar-refractivity contribution in [1.82, 2.24) is 5.32 Å². The zero-order valence-electron chi connectivity index (χ0n) is 13.7. The van der Waals surface area contributed by atoms with Crippen LogP contribution in [-0.2, 0) is 17.8 Å². The van der Waals surface area contributed by atoms with Gasteiger partial charge < -0.3 is 11.1 Å². The fourth-order valence-electron chi connectivity index (χ4n) is 2.44. The molecule has 3 nitrogen and oxygen atoms in total. The number of unbranched alkanes of at least 4 members (excludes halogenated alkanes) is 2. The lowest BCUT2D eigenvalue weighted by atomic mass is 9.87. The van der Waals surface area contributed by atoms with E-state index in [2.05, 4.69) is 26.1 Å². The molecule has 1 amide bonds. The predicted molar refractivity (Wildman–Crippen MR) is 89.0 cm³/mol. The summed E-state index contributed by atoms with van der Waals surface area (Å²) in [6.07, 6.45) is 5.30. The monoisotopic (exact) mass is 290 g/mol. The van der Waals surface area contributed by atoms with E-state index in [9.17, 15) is 4.79 Å². The van der Waals surface area contributed by atoms with Crippen molar-refractivity contribution in [3.63, 3.8) is 0 Å². The largest absolute Gasteiger partial charge is 0.355 e. The number of hydrogen-bond acceptors (Lipinski definition) is 2. The Morgan fingerprint density at radius 1 is 1.19 bits per heavy atom. The van der Waals surface area contributed by atoms with Crippen molar-refractivity contribution in [3.05, 3.63) is 35.4 Å². The average molecular weight is 290 g/mol. The Morgan fingerprint density at radius 3 is 2.48 bits per heavy atom. The lowest BCUT2D eigenvalue weighted by molar-refractivity contribution is -0.120. The van der Waals surface area contributed by atoms with Gasteiger partial charge in [0.1, 0.15) is 0 Å². The molecule has 0 saturated heterocycles. The molecule has 0 aliphatic rings. The molecule has 1 aromatic carbocycles. The topological polar surface area (TPSA) is 55.1 Å². The quantitative estimate of drug-likeness (QED) is 0.685. The summed E-state index contributed by atoms with van der Waals surface area (Å²) in [5, 5.41) is 3.07. The first-order valence-corrected chi connectivity index (χ1v) is 8.02. The van der Waals surface area contributed by atoms with Gasteiger partial charge in [-0.3, -0.25) is 4.79 Å². The highest BCUT2D eigenvalue weighted by molar-refractivity contribution is 5.78. The van der Waals surface area contributed by atoms with Gasteiger partial charge in [-0.25, -0.2) is 0 Å². The van der Waals surface area contributed by atoms with Crippen LogP contribution in [0, 0.1) is 5.41 Å². The molecule has 0 heterocycles. The Kier molecular flexibility index (Phi) is 7.44. The number of nitrogens with one attached hydrogen (secondary N) is 1. The average Bonchev–Trinajstić information content (AvgIpc) is 2.46. The van der Waals surface area contributed by atoms with Crippen molar-refractivity contribution in [2.45, 2.75) is 59.4 Å². The smallest absolute Gasteiger partial charge is 0.224 e. The predicted octanol–water partition coefficient (Wildman–Crippen LogP) is 3.41. The molecule has 0 aliphatic carbocycles. The molecule has 21 heavy (non-hydrogen) atoms. The second-order valence-corrected chi connectivity index (χ2v) is 6.55. The van der Waals surface area contributed by atoms with Crippen LogP contribution < -0.4 is 11.1 Å². The van der Waals surface area contributed by atoms with Crippen LogP contribution in [0.15, 0.2) is 24.3 Å². The van der Waals surface area contributed by atoms with Crippen molar-refractivity contribution in [2.24, 2.45) is 11.1 Å². The molecule has 0 radical (unpaired) electrons. The molecule has 0 spiro atoms. The molecule has 1 rings (SSSR count). The molecule has 0 aliphatic heterocycles. The van der Waals surface area contributed by atoms with Crippen LogP contribution in [0.1, 0.15) is 57.6 Å². The van der Waals surface area contributed by atoms with Gasteiger partial charge in [0.05, 0.1) is 6.42 Å². The molecule has 0 unspecified atom stereocenters. The van der Waals surface area contributed by atoms with Gasteiger partial charge in [-0.2, -0.15) is 0 Å². The summed E-state index contributed by atoms with van der Waals surface area (Å²) in [5.41, 5.74) is 7.95. The minimum atomic E-state index is 0.0828. The highest BCUT2D eigenvalue weighted by atomic mass is 16.1. The summed E-state index contributed by atoms with van der Waals surface area (Å²) in [4.78, 5) is 12.1. The third kappa shape index (κ3) is 6.76. The summed E-state index contributed by atoms with van der Waals surface area (Å²) >= 11 is 0. The molecule has 0 saturated carbocycles. The maximum Gasteiger partial charge on any atom is 0.224 e. The van der Waals surface area contributed by atoms with Crippen LogP contribution in [0.4, 0.5) is 0 Å². The summed E-state index contributed by atoms with van der Waals surface area (Å²) in [5.74, 6) is 0.0828. The Morgan fingerprint density at radius 2 is 1.86 bits per heavy atom. The number of benzene rings is 1. The normalized spacial score (nSPS) is 11.4.